The van der Waals surface area contributed by atoms with E-state index in [1.54, 1.807) is 0 Å². The van der Waals surface area contributed by atoms with Crippen molar-refractivity contribution >= 4 is 47.9 Å². The van der Waals surface area contributed by atoms with E-state index in [1.165, 1.54) is 85.0 Å². The van der Waals surface area contributed by atoms with E-state index in [-0.39, 0.29) is 22.5 Å². The summed E-state index contributed by atoms with van der Waals surface area (Å²) in [6.45, 7) is 0. The maximum atomic E-state index is 11.3. The van der Waals surface area contributed by atoms with Gasteiger partial charge in [0, 0.05) is 11.1 Å². The van der Waals surface area contributed by atoms with Gasteiger partial charge in [0.2, 0.25) is 47.8 Å². The van der Waals surface area contributed by atoms with Crippen LogP contribution in [0.1, 0.15) is 17.5 Å². The van der Waals surface area contributed by atoms with Crippen molar-refractivity contribution in [3.05, 3.63) is 59.7 Å². The number of benzene rings is 2. The average Bonchev–Trinajstić information content (AvgIpc) is 2.81. The molecule has 0 amide bonds. The molecule has 0 heterocycles. The zero-order valence-corrected chi connectivity index (χ0v) is 16.5. The van der Waals surface area contributed by atoms with Crippen LogP contribution in [0.4, 0.5) is 11.4 Å². The quantitative estimate of drug-likeness (QED) is 0.403. The Kier molecular flexibility index (Phi) is 8.15. The highest BCUT2D eigenvalue weighted by atomic mass is 16.1. The molecule has 2 rings (SSSR count). The lowest BCUT2D eigenvalue weighted by atomic mass is 9.85. The monoisotopic (exact) mass is 442 g/mol. The molecule has 2 aromatic carbocycles. The van der Waals surface area contributed by atoms with Gasteiger partial charge in [0.25, 0.3) is 0 Å². The molecule has 0 aliphatic rings. The fraction of sp³-hybridized carbons (Fsp3) is 0.143. The lowest BCUT2D eigenvalue weighted by Gasteiger charge is -2.31. The zero-order valence-electron chi connectivity index (χ0n) is 16.5. The molecule has 0 atom stereocenters. The summed E-state index contributed by atoms with van der Waals surface area (Å²) >= 11 is 0. The van der Waals surface area contributed by atoms with Gasteiger partial charge in [0.15, 0.2) is 0 Å². The van der Waals surface area contributed by atoms with Crippen molar-refractivity contribution in [2.24, 2.45) is 30.0 Å². The van der Waals surface area contributed by atoms with Gasteiger partial charge in [-0.1, -0.05) is 24.3 Å². The van der Waals surface area contributed by atoms with Crippen molar-refractivity contribution in [2.75, 3.05) is 0 Å². The second-order valence-corrected chi connectivity index (χ2v) is 6.12. The van der Waals surface area contributed by atoms with E-state index in [2.05, 4.69) is 30.0 Å². The van der Waals surface area contributed by atoms with E-state index >= 15 is 0 Å². The first-order valence-corrected chi connectivity index (χ1v) is 8.76. The van der Waals surface area contributed by atoms with Crippen LogP contribution in [0.15, 0.2) is 78.5 Å². The van der Waals surface area contributed by atoms with Gasteiger partial charge < -0.3 is 0 Å². The summed E-state index contributed by atoms with van der Waals surface area (Å²) in [6, 6.07) is 10.7. The molecule has 0 bridgehead atoms. The third-order valence-electron chi connectivity index (χ3n) is 4.42. The Labute approximate surface area is 184 Å². The number of isocyanates is 6. The molecular weight excluding hydrogens is 432 g/mol. The number of carbonyl (C=O) groups excluding carboxylic acids is 6. The minimum atomic E-state index is -2.10. The molecule has 0 fully saturated rings. The fourth-order valence-corrected chi connectivity index (χ4v) is 3.03. The third-order valence-corrected chi connectivity index (χ3v) is 4.42. The minimum Gasteiger partial charge on any atom is -0.211 e. The van der Waals surface area contributed by atoms with E-state index < -0.39 is 17.7 Å². The van der Waals surface area contributed by atoms with Gasteiger partial charge in [-0.3, -0.25) is 0 Å². The van der Waals surface area contributed by atoms with Crippen LogP contribution in [0, 0.1) is 0 Å². The lowest BCUT2D eigenvalue weighted by molar-refractivity contribution is 0.299. The number of rotatable bonds is 10. The molecule has 0 radical (unpaired) electrons. The Bertz CT molecular complexity index is 1170. The van der Waals surface area contributed by atoms with Gasteiger partial charge in [-0.15, -0.1) is 0 Å². The maximum absolute atomic E-state index is 11.3. The van der Waals surface area contributed by atoms with Crippen molar-refractivity contribution in [3.63, 3.8) is 0 Å². The van der Waals surface area contributed by atoms with Gasteiger partial charge >= 0.3 is 0 Å². The molecule has 0 saturated heterocycles. The lowest BCUT2D eigenvalue weighted by Crippen LogP contribution is -2.33. The molecule has 0 aliphatic heterocycles. The highest BCUT2D eigenvalue weighted by Gasteiger charge is 2.45. The molecule has 12 nitrogen and oxygen atoms in total. The molecule has 0 saturated carbocycles. The number of hydrogen-bond acceptors (Lipinski definition) is 12. The molecule has 2 aromatic rings. The number of hydrogen-bond donors (Lipinski definition) is 0. The SMILES string of the molecule is O=C=Nc1ccc(C(CC(N=C=O)(N=C=O)c2ccc(N=C=O)cc2)(N=C=O)N=C=O)cc1. The van der Waals surface area contributed by atoms with Crippen LogP contribution < -0.4 is 0 Å². The van der Waals surface area contributed by atoms with Crippen LogP contribution in [-0.2, 0) is 40.1 Å². The first kappa shape index (κ1) is 24.0. The summed E-state index contributed by atoms with van der Waals surface area (Å²) in [5, 5.41) is 0. The molecule has 0 spiro atoms. The zero-order chi connectivity index (χ0) is 24.2. The Morgan fingerprint density at radius 3 is 1.03 bits per heavy atom. The predicted molar refractivity (Wildman–Crippen MR) is 109 cm³/mol. The maximum Gasteiger partial charge on any atom is 0.240 e. The topological polar surface area (TPSA) is 177 Å². The molecule has 0 aromatic heterocycles. The van der Waals surface area contributed by atoms with Crippen LogP contribution >= 0.6 is 0 Å². The van der Waals surface area contributed by atoms with Crippen molar-refractivity contribution in [1.29, 1.82) is 0 Å². The van der Waals surface area contributed by atoms with Gasteiger partial charge in [-0.05, 0) is 24.3 Å². The molecule has 12 heteroatoms. The van der Waals surface area contributed by atoms with Crippen molar-refractivity contribution in [1.82, 2.24) is 0 Å². The van der Waals surface area contributed by atoms with Crippen LogP contribution in [0.25, 0.3) is 0 Å². The van der Waals surface area contributed by atoms with E-state index in [4.69, 9.17) is 0 Å². The normalized spacial score (nSPS) is 12.8. The van der Waals surface area contributed by atoms with Crippen molar-refractivity contribution in [3.8, 4) is 0 Å². The Morgan fingerprint density at radius 2 is 0.788 bits per heavy atom. The van der Waals surface area contributed by atoms with Crippen LogP contribution in [0.3, 0.4) is 0 Å². The summed E-state index contributed by atoms with van der Waals surface area (Å²) in [5.41, 5.74) is -3.63. The standard InChI is InChI=1S/C21H10N6O6/c28-10-22-18-5-1-16(2-6-18)20(24-12-30,25-13-31)9-21(26-14-32,27-15-33)17-3-7-19(8-4-17)23-11-29/h1-8H,9H2. The predicted octanol–water partition coefficient (Wildman–Crippen LogP) is 2.36. The molecule has 0 N–H and O–H groups in total. The summed E-state index contributed by atoms with van der Waals surface area (Å²) in [7, 11) is 0. The molecular formula is C21H10N6O6. The number of nitrogens with zero attached hydrogens (tertiary/aromatic N) is 6. The van der Waals surface area contributed by atoms with Gasteiger partial charge in [-0.2, -0.15) is 30.0 Å². The Balaban J connectivity index is 2.81. The van der Waals surface area contributed by atoms with Crippen molar-refractivity contribution < 1.29 is 28.8 Å². The Hall–Kier alpha value is -5.28. The van der Waals surface area contributed by atoms with Gasteiger partial charge in [-0.25, -0.2) is 28.8 Å². The fourth-order valence-electron chi connectivity index (χ4n) is 3.03. The van der Waals surface area contributed by atoms with Crippen LogP contribution in [-0.4, -0.2) is 36.5 Å². The second-order valence-electron chi connectivity index (χ2n) is 6.12. The van der Waals surface area contributed by atoms with Crippen molar-refractivity contribution in [2.45, 2.75) is 17.7 Å². The van der Waals surface area contributed by atoms with E-state index in [0.717, 1.165) is 0 Å². The summed E-state index contributed by atoms with van der Waals surface area (Å²) < 4.78 is 0. The molecule has 0 aliphatic carbocycles. The smallest absolute Gasteiger partial charge is 0.211 e. The highest BCUT2D eigenvalue weighted by Crippen LogP contribution is 2.43. The second kappa shape index (κ2) is 11.2. The summed E-state index contributed by atoms with van der Waals surface area (Å²) in [5.74, 6) is 0. The summed E-state index contributed by atoms with van der Waals surface area (Å²) in [4.78, 5) is 87.4. The van der Waals surface area contributed by atoms with Gasteiger partial charge in [0.05, 0.1) is 17.8 Å². The molecule has 0 unspecified atom stereocenters. The van der Waals surface area contributed by atoms with Crippen LogP contribution in [0.5, 0.6) is 0 Å². The van der Waals surface area contributed by atoms with E-state index in [1.807, 2.05) is 0 Å². The third kappa shape index (κ3) is 5.45. The first-order chi connectivity index (χ1) is 16.0. The Morgan fingerprint density at radius 1 is 0.485 bits per heavy atom. The first-order valence-electron chi connectivity index (χ1n) is 8.76. The van der Waals surface area contributed by atoms with Crippen LogP contribution in [0.2, 0.25) is 0 Å². The highest BCUT2D eigenvalue weighted by molar-refractivity contribution is 5.53. The number of aliphatic imine (C=N–C) groups is 6. The molecule has 160 valence electrons. The van der Waals surface area contributed by atoms with E-state index in [9.17, 15) is 28.8 Å². The minimum absolute atomic E-state index is 0.0906. The molecule has 33 heavy (non-hydrogen) atoms. The average molecular weight is 442 g/mol. The largest absolute Gasteiger partial charge is 0.240 e. The van der Waals surface area contributed by atoms with Gasteiger partial charge in [0.1, 0.15) is 0 Å². The summed E-state index contributed by atoms with van der Waals surface area (Å²) in [6.07, 6.45) is 7.23. The van der Waals surface area contributed by atoms with E-state index in [0.29, 0.717) is 0 Å².